The summed E-state index contributed by atoms with van der Waals surface area (Å²) in [5.41, 5.74) is 0.511. The second-order valence-corrected chi connectivity index (χ2v) is 7.30. The van der Waals surface area contributed by atoms with Gasteiger partial charge in [0.25, 0.3) is 0 Å². The van der Waals surface area contributed by atoms with Crippen molar-refractivity contribution in [3.8, 4) is 0 Å². The smallest absolute Gasteiger partial charge is 0.0182 e. The van der Waals surface area contributed by atoms with E-state index in [1.165, 1.54) is 70.6 Å². The maximum Gasteiger partial charge on any atom is -0.0182 e. The first-order chi connectivity index (χ1) is 8.66. The molecule has 0 N–H and O–H groups in total. The zero-order valence-electron chi connectivity index (χ0n) is 12.9. The van der Waals surface area contributed by atoms with Crippen LogP contribution in [0, 0.1) is 23.2 Å². The van der Waals surface area contributed by atoms with E-state index in [9.17, 15) is 0 Å². The molecule has 0 aromatic carbocycles. The molecule has 0 heterocycles. The highest BCUT2D eigenvalue weighted by molar-refractivity contribution is 5.07. The van der Waals surface area contributed by atoms with Gasteiger partial charge in [-0.1, -0.05) is 78.6 Å². The van der Waals surface area contributed by atoms with E-state index in [-0.39, 0.29) is 0 Å². The molecule has 2 fully saturated rings. The van der Waals surface area contributed by atoms with Crippen LogP contribution in [0.5, 0.6) is 0 Å². The summed E-state index contributed by atoms with van der Waals surface area (Å²) in [6.45, 7) is 7.57. The lowest BCUT2D eigenvalue weighted by molar-refractivity contribution is 0.101. The molecule has 0 aromatic rings. The maximum atomic E-state index is 2.57. The molecule has 0 heteroatoms. The molecule has 1 unspecified atom stereocenters. The summed E-state index contributed by atoms with van der Waals surface area (Å²) in [5, 5.41) is 0. The number of hydrogen-bond acceptors (Lipinski definition) is 0. The van der Waals surface area contributed by atoms with Crippen molar-refractivity contribution >= 4 is 0 Å². The van der Waals surface area contributed by atoms with E-state index in [1.807, 2.05) is 5.92 Å². The van der Waals surface area contributed by atoms with Gasteiger partial charge in [-0.15, -0.1) is 0 Å². The summed E-state index contributed by atoms with van der Waals surface area (Å²) in [6, 6.07) is 0. The molecule has 0 bridgehead atoms. The lowest BCUT2D eigenvalue weighted by Gasteiger charge is -2.46. The van der Waals surface area contributed by atoms with Crippen LogP contribution in [0.2, 0.25) is 0 Å². The van der Waals surface area contributed by atoms with Crippen molar-refractivity contribution in [3.63, 3.8) is 0 Å². The second-order valence-electron chi connectivity index (χ2n) is 7.30. The standard InChI is InChI=1S/C18H33/c1-4-17(15-11-7-5-8-12-15)18(2,3)16-13-9-6-10-14-16/h15,17H,4-14H2,1-3H3. The van der Waals surface area contributed by atoms with Crippen molar-refractivity contribution < 1.29 is 0 Å². The summed E-state index contributed by atoms with van der Waals surface area (Å²) in [7, 11) is 0. The Morgan fingerprint density at radius 1 is 0.944 bits per heavy atom. The van der Waals surface area contributed by atoms with Crippen LogP contribution in [0.25, 0.3) is 0 Å². The van der Waals surface area contributed by atoms with Gasteiger partial charge in [0, 0.05) is 0 Å². The van der Waals surface area contributed by atoms with E-state index in [4.69, 9.17) is 0 Å². The van der Waals surface area contributed by atoms with Gasteiger partial charge in [0.1, 0.15) is 0 Å². The van der Waals surface area contributed by atoms with Gasteiger partial charge in [0.15, 0.2) is 0 Å². The molecule has 105 valence electrons. The van der Waals surface area contributed by atoms with Crippen LogP contribution >= 0.6 is 0 Å². The summed E-state index contributed by atoms with van der Waals surface area (Å²) in [6.07, 6.45) is 16.1. The Morgan fingerprint density at radius 2 is 1.50 bits per heavy atom. The molecule has 2 aliphatic rings. The summed E-state index contributed by atoms with van der Waals surface area (Å²) >= 11 is 0. The van der Waals surface area contributed by atoms with E-state index in [1.54, 1.807) is 0 Å². The van der Waals surface area contributed by atoms with Crippen LogP contribution < -0.4 is 0 Å². The average Bonchev–Trinajstić information content (AvgIpc) is 2.41. The SMILES string of the molecule is CCC(C1CCCCC1)C(C)(C)[C]1CCCCC1. The molecule has 0 spiro atoms. The zero-order valence-corrected chi connectivity index (χ0v) is 12.9. The Hall–Kier alpha value is 0. The highest BCUT2D eigenvalue weighted by Gasteiger charge is 2.40. The Bertz CT molecular complexity index is 228. The van der Waals surface area contributed by atoms with E-state index in [2.05, 4.69) is 20.8 Å². The molecule has 0 saturated heterocycles. The molecule has 2 saturated carbocycles. The highest BCUT2D eigenvalue weighted by atomic mass is 14.5. The minimum absolute atomic E-state index is 0.511. The fraction of sp³-hybridized carbons (Fsp3) is 0.944. The predicted molar refractivity (Wildman–Crippen MR) is 80.5 cm³/mol. The summed E-state index contributed by atoms with van der Waals surface area (Å²) < 4.78 is 0. The van der Waals surface area contributed by atoms with Crippen molar-refractivity contribution in [2.75, 3.05) is 0 Å². The van der Waals surface area contributed by atoms with Crippen molar-refractivity contribution in [1.29, 1.82) is 0 Å². The molecule has 18 heavy (non-hydrogen) atoms. The average molecular weight is 249 g/mol. The van der Waals surface area contributed by atoms with Gasteiger partial charge in [0.05, 0.1) is 0 Å². The number of rotatable bonds is 4. The topological polar surface area (TPSA) is 0 Å². The van der Waals surface area contributed by atoms with Crippen molar-refractivity contribution in [2.24, 2.45) is 17.3 Å². The minimum Gasteiger partial charge on any atom is -0.0651 e. The molecular formula is C18H33. The van der Waals surface area contributed by atoms with Gasteiger partial charge in [-0.25, -0.2) is 0 Å². The quantitative estimate of drug-likeness (QED) is 0.560. The molecular weight excluding hydrogens is 216 g/mol. The van der Waals surface area contributed by atoms with E-state index in [0.29, 0.717) is 5.41 Å². The van der Waals surface area contributed by atoms with Gasteiger partial charge < -0.3 is 0 Å². The van der Waals surface area contributed by atoms with Crippen molar-refractivity contribution in [1.82, 2.24) is 0 Å². The molecule has 0 amide bonds. The third-order valence-corrected chi connectivity index (χ3v) is 5.95. The molecule has 0 aromatic heterocycles. The highest BCUT2D eigenvalue weighted by Crippen LogP contribution is 2.51. The molecule has 0 nitrogen and oxygen atoms in total. The van der Waals surface area contributed by atoms with Crippen LogP contribution in [0.4, 0.5) is 0 Å². The lowest BCUT2D eigenvalue weighted by atomic mass is 9.58. The molecule has 0 aliphatic heterocycles. The fourth-order valence-corrected chi connectivity index (χ4v) is 4.85. The van der Waals surface area contributed by atoms with E-state index in [0.717, 1.165) is 11.8 Å². The zero-order chi connectivity index (χ0) is 13.0. The van der Waals surface area contributed by atoms with E-state index >= 15 is 0 Å². The molecule has 2 rings (SSSR count). The van der Waals surface area contributed by atoms with Gasteiger partial charge >= 0.3 is 0 Å². The van der Waals surface area contributed by atoms with Gasteiger partial charge in [-0.2, -0.15) is 0 Å². The van der Waals surface area contributed by atoms with Crippen molar-refractivity contribution in [3.05, 3.63) is 5.92 Å². The third-order valence-electron chi connectivity index (χ3n) is 5.95. The molecule has 1 radical (unpaired) electrons. The first kappa shape index (κ1) is 14.4. The third kappa shape index (κ3) is 3.11. The first-order valence-electron chi connectivity index (χ1n) is 8.51. The fourth-order valence-electron chi connectivity index (χ4n) is 4.85. The molecule has 1 atom stereocenters. The van der Waals surface area contributed by atoms with Crippen LogP contribution in [0.1, 0.15) is 91.4 Å². The van der Waals surface area contributed by atoms with Crippen LogP contribution in [-0.4, -0.2) is 0 Å². The lowest BCUT2D eigenvalue weighted by Crippen LogP contribution is -2.37. The Kier molecular flexibility index (Phi) is 5.15. The Labute approximate surface area is 115 Å². The summed E-state index contributed by atoms with van der Waals surface area (Å²) in [5.74, 6) is 3.88. The van der Waals surface area contributed by atoms with Crippen LogP contribution in [0.3, 0.4) is 0 Å². The maximum absolute atomic E-state index is 2.57. The molecule has 2 aliphatic carbocycles. The predicted octanol–water partition coefficient (Wildman–Crippen LogP) is 6.16. The largest absolute Gasteiger partial charge is 0.0651 e. The Morgan fingerprint density at radius 3 is 2.06 bits per heavy atom. The first-order valence-corrected chi connectivity index (χ1v) is 8.51. The van der Waals surface area contributed by atoms with Crippen LogP contribution in [-0.2, 0) is 0 Å². The van der Waals surface area contributed by atoms with Crippen LogP contribution in [0.15, 0.2) is 0 Å². The summed E-state index contributed by atoms with van der Waals surface area (Å²) in [4.78, 5) is 0. The van der Waals surface area contributed by atoms with Gasteiger partial charge in [-0.05, 0) is 36.0 Å². The second kappa shape index (κ2) is 6.44. The van der Waals surface area contributed by atoms with Gasteiger partial charge in [0.2, 0.25) is 0 Å². The van der Waals surface area contributed by atoms with Crippen molar-refractivity contribution in [2.45, 2.75) is 91.4 Å². The monoisotopic (exact) mass is 249 g/mol. The van der Waals surface area contributed by atoms with E-state index < -0.39 is 0 Å². The Balaban J connectivity index is 2.03. The normalized spacial score (nSPS) is 26.2. The van der Waals surface area contributed by atoms with Gasteiger partial charge in [-0.3, -0.25) is 0 Å². The minimum atomic E-state index is 0.511. The number of hydrogen-bond donors (Lipinski definition) is 0.